The monoisotopic (exact) mass is 387 g/mol. The highest BCUT2D eigenvalue weighted by Crippen LogP contribution is 2.25. The van der Waals surface area contributed by atoms with Crippen LogP contribution < -0.4 is 4.74 Å². The van der Waals surface area contributed by atoms with Gasteiger partial charge < -0.3 is 23.8 Å². The molecule has 0 spiro atoms. The Bertz CT molecular complexity index is 831. The summed E-state index contributed by atoms with van der Waals surface area (Å²) in [5.41, 5.74) is 0.868. The van der Waals surface area contributed by atoms with Gasteiger partial charge in [-0.2, -0.15) is 0 Å². The van der Waals surface area contributed by atoms with Gasteiger partial charge in [0.2, 0.25) is 0 Å². The number of hydrogen-bond acceptors (Lipinski definition) is 6. The summed E-state index contributed by atoms with van der Waals surface area (Å²) in [5.74, 6) is 0.0241. The maximum absolute atomic E-state index is 12.3. The van der Waals surface area contributed by atoms with E-state index in [1.807, 2.05) is 36.4 Å². The number of rotatable bonds is 6. The molecule has 28 heavy (non-hydrogen) atoms. The van der Waals surface area contributed by atoms with Gasteiger partial charge in [-0.25, -0.2) is 4.79 Å². The maximum atomic E-state index is 12.3. The summed E-state index contributed by atoms with van der Waals surface area (Å²) in [6.45, 7) is 3.93. The van der Waals surface area contributed by atoms with E-state index in [0.29, 0.717) is 26.3 Å². The molecule has 1 saturated heterocycles. The summed E-state index contributed by atoms with van der Waals surface area (Å²) >= 11 is 0. The summed E-state index contributed by atoms with van der Waals surface area (Å²) in [6.07, 6.45) is -0.405. The molecule has 0 saturated carbocycles. The molecular weight excluding hydrogens is 362 g/mol. The lowest BCUT2D eigenvalue weighted by Gasteiger charge is -2.25. The van der Waals surface area contributed by atoms with Crippen LogP contribution in [0.2, 0.25) is 0 Å². The number of benzene rings is 2. The molecular formula is C21H25NO6. The van der Waals surface area contributed by atoms with Crippen molar-refractivity contribution < 1.29 is 28.5 Å². The molecule has 2 aromatic carbocycles. The Morgan fingerprint density at radius 3 is 2.46 bits per heavy atom. The fourth-order valence-electron chi connectivity index (χ4n) is 3.01. The first-order valence-corrected chi connectivity index (χ1v) is 9.32. The fourth-order valence-corrected chi connectivity index (χ4v) is 3.01. The predicted molar refractivity (Wildman–Crippen MR) is 104 cm³/mol. The molecule has 1 aliphatic rings. The molecule has 1 aliphatic heterocycles. The van der Waals surface area contributed by atoms with Crippen LogP contribution in [0.5, 0.6) is 5.75 Å². The normalized spacial score (nSPS) is 15.1. The van der Waals surface area contributed by atoms with Crippen LogP contribution in [0.1, 0.15) is 18.4 Å². The Morgan fingerprint density at radius 2 is 1.71 bits per heavy atom. The zero-order valence-corrected chi connectivity index (χ0v) is 16.2. The molecule has 1 atom stereocenters. The Labute approximate surface area is 164 Å². The molecule has 1 amide bonds. The van der Waals surface area contributed by atoms with Crippen molar-refractivity contribution in [3.05, 3.63) is 42.0 Å². The predicted octanol–water partition coefficient (Wildman–Crippen LogP) is 2.96. The zero-order chi connectivity index (χ0) is 19.9. The number of hydrogen-bond donors (Lipinski definition) is 0. The van der Waals surface area contributed by atoms with E-state index in [4.69, 9.17) is 18.9 Å². The van der Waals surface area contributed by atoms with Crippen LogP contribution in [0.25, 0.3) is 10.8 Å². The molecule has 1 fully saturated rings. The van der Waals surface area contributed by atoms with Gasteiger partial charge in [-0.3, -0.25) is 4.79 Å². The van der Waals surface area contributed by atoms with Gasteiger partial charge in [0, 0.05) is 13.1 Å². The standard InChI is InChI=1S/C21H25NO6/c1-15(16-3-4-18-14-19(25-2)6-5-17(18)13-16)20(23)27-11-12-28-21(24)22-7-9-26-10-8-22/h3-6,13-15H,7-12H2,1-2H3. The molecule has 0 aliphatic carbocycles. The third-order valence-corrected chi connectivity index (χ3v) is 4.75. The van der Waals surface area contributed by atoms with Crippen molar-refractivity contribution in [3.63, 3.8) is 0 Å². The van der Waals surface area contributed by atoms with Crippen molar-refractivity contribution in [2.75, 3.05) is 46.6 Å². The molecule has 7 heteroatoms. The Kier molecular flexibility index (Phi) is 6.71. The molecule has 1 heterocycles. The molecule has 150 valence electrons. The molecule has 1 unspecified atom stereocenters. The summed E-state index contributed by atoms with van der Waals surface area (Å²) < 4.78 is 20.8. The first kappa shape index (κ1) is 19.9. The van der Waals surface area contributed by atoms with E-state index in [0.717, 1.165) is 22.1 Å². The summed E-state index contributed by atoms with van der Waals surface area (Å²) in [4.78, 5) is 25.8. The van der Waals surface area contributed by atoms with Crippen LogP contribution in [-0.2, 0) is 19.0 Å². The highest BCUT2D eigenvalue weighted by molar-refractivity contribution is 5.86. The number of morpholine rings is 1. The second-order valence-electron chi connectivity index (χ2n) is 6.58. The van der Waals surface area contributed by atoms with E-state index in [1.54, 1.807) is 18.9 Å². The van der Waals surface area contributed by atoms with E-state index in [9.17, 15) is 9.59 Å². The number of amides is 1. The molecule has 0 radical (unpaired) electrons. The Balaban J connectivity index is 1.48. The number of ether oxygens (including phenoxy) is 4. The second kappa shape index (κ2) is 9.41. The minimum absolute atomic E-state index is 0.0318. The molecule has 2 aromatic rings. The van der Waals surface area contributed by atoms with E-state index < -0.39 is 12.0 Å². The van der Waals surface area contributed by atoms with Crippen molar-refractivity contribution in [2.24, 2.45) is 0 Å². The van der Waals surface area contributed by atoms with Gasteiger partial charge in [-0.05, 0) is 35.4 Å². The van der Waals surface area contributed by atoms with Crippen LogP contribution in [0.4, 0.5) is 4.79 Å². The van der Waals surface area contributed by atoms with Gasteiger partial charge in [0.15, 0.2) is 0 Å². The molecule has 7 nitrogen and oxygen atoms in total. The highest BCUT2D eigenvalue weighted by Gasteiger charge is 2.19. The summed E-state index contributed by atoms with van der Waals surface area (Å²) in [5, 5.41) is 2.07. The zero-order valence-electron chi connectivity index (χ0n) is 16.2. The number of esters is 1. The fraction of sp³-hybridized carbons (Fsp3) is 0.429. The number of carbonyl (C=O) groups excluding carboxylic acids is 2. The quantitative estimate of drug-likeness (QED) is 0.560. The average molecular weight is 387 g/mol. The second-order valence-corrected chi connectivity index (χ2v) is 6.58. The molecule has 0 aromatic heterocycles. The van der Waals surface area contributed by atoms with E-state index >= 15 is 0 Å². The summed E-state index contributed by atoms with van der Waals surface area (Å²) in [7, 11) is 1.63. The van der Waals surface area contributed by atoms with Crippen LogP contribution in [0.15, 0.2) is 36.4 Å². The average Bonchev–Trinajstić information content (AvgIpc) is 2.75. The van der Waals surface area contributed by atoms with E-state index in [2.05, 4.69) is 0 Å². The lowest BCUT2D eigenvalue weighted by Crippen LogP contribution is -2.41. The number of fused-ring (bicyclic) bond motifs is 1. The number of carbonyl (C=O) groups is 2. The SMILES string of the molecule is COc1ccc2cc(C(C)C(=O)OCCOC(=O)N3CCOCC3)ccc2c1. The largest absolute Gasteiger partial charge is 0.497 e. The van der Waals surface area contributed by atoms with Gasteiger partial charge in [0.1, 0.15) is 19.0 Å². The topological polar surface area (TPSA) is 74.3 Å². The minimum Gasteiger partial charge on any atom is -0.497 e. The molecule has 3 rings (SSSR count). The van der Waals surface area contributed by atoms with Crippen molar-refractivity contribution >= 4 is 22.8 Å². The highest BCUT2D eigenvalue weighted by atomic mass is 16.6. The van der Waals surface area contributed by atoms with Gasteiger partial charge >= 0.3 is 12.1 Å². The lowest BCUT2D eigenvalue weighted by atomic mass is 9.98. The van der Waals surface area contributed by atoms with Crippen molar-refractivity contribution in [3.8, 4) is 5.75 Å². The third kappa shape index (κ3) is 4.92. The van der Waals surface area contributed by atoms with Gasteiger partial charge in [0.05, 0.1) is 26.2 Å². The van der Waals surface area contributed by atoms with E-state index in [-0.39, 0.29) is 19.2 Å². The Hall–Kier alpha value is -2.80. The van der Waals surface area contributed by atoms with Crippen molar-refractivity contribution in [2.45, 2.75) is 12.8 Å². The minimum atomic E-state index is -0.415. The smallest absolute Gasteiger partial charge is 0.410 e. The molecule has 0 bridgehead atoms. The number of methoxy groups -OCH3 is 1. The number of nitrogens with zero attached hydrogens (tertiary/aromatic N) is 1. The van der Waals surface area contributed by atoms with Gasteiger partial charge in [-0.15, -0.1) is 0 Å². The Morgan fingerprint density at radius 1 is 1.04 bits per heavy atom. The van der Waals surface area contributed by atoms with Gasteiger partial charge in [-0.1, -0.05) is 24.3 Å². The van der Waals surface area contributed by atoms with Crippen molar-refractivity contribution in [1.29, 1.82) is 0 Å². The van der Waals surface area contributed by atoms with E-state index in [1.165, 1.54) is 0 Å². The first-order chi connectivity index (χ1) is 13.6. The molecule has 0 N–H and O–H groups in total. The maximum Gasteiger partial charge on any atom is 0.410 e. The van der Waals surface area contributed by atoms with Crippen LogP contribution in [0, 0.1) is 0 Å². The van der Waals surface area contributed by atoms with Crippen molar-refractivity contribution in [1.82, 2.24) is 4.90 Å². The first-order valence-electron chi connectivity index (χ1n) is 9.32. The van der Waals surface area contributed by atoms with Crippen LogP contribution >= 0.6 is 0 Å². The van der Waals surface area contributed by atoms with Crippen LogP contribution in [-0.4, -0.2) is 63.6 Å². The lowest BCUT2D eigenvalue weighted by molar-refractivity contribution is -0.146. The van der Waals surface area contributed by atoms with Crippen LogP contribution in [0.3, 0.4) is 0 Å². The third-order valence-electron chi connectivity index (χ3n) is 4.75. The van der Waals surface area contributed by atoms with Gasteiger partial charge in [0.25, 0.3) is 0 Å². The summed E-state index contributed by atoms with van der Waals surface area (Å²) in [6, 6.07) is 11.6.